The molecule has 0 aliphatic heterocycles. The molecular formula is C13H25NO4. The fourth-order valence-electron chi connectivity index (χ4n) is 1.10. The first kappa shape index (κ1) is 19.2. The fourth-order valence-corrected chi connectivity index (χ4v) is 1.10. The summed E-state index contributed by atoms with van der Waals surface area (Å²) in [7, 11) is 0. The molecule has 0 unspecified atom stereocenters. The predicted molar refractivity (Wildman–Crippen MR) is 67.5 cm³/mol. The molecule has 0 bridgehead atoms. The molecule has 1 atom stereocenters. The number of hydrogen-bond donors (Lipinski definition) is 1. The van der Waals surface area contributed by atoms with Gasteiger partial charge in [0, 0.05) is 12.5 Å². The number of carbonyl (C=O) groups excluding carboxylic acids is 3. The van der Waals surface area contributed by atoms with E-state index in [1.165, 1.54) is 0 Å². The van der Waals surface area contributed by atoms with Crippen molar-refractivity contribution in [1.82, 2.24) is 0 Å². The van der Waals surface area contributed by atoms with Crippen LogP contribution in [-0.2, 0) is 19.1 Å². The number of rotatable bonds is 3. The molecule has 106 valence electrons. The monoisotopic (exact) mass is 259 g/mol. The Morgan fingerprint density at radius 1 is 1.17 bits per heavy atom. The van der Waals surface area contributed by atoms with Gasteiger partial charge in [0.25, 0.3) is 0 Å². The van der Waals surface area contributed by atoms with E-state index >= 15 is 0 Å². The van der Waals surface area contributed by atoms with Crippen molar-refractivity contribution in [2.45, 2.75) is 66.0 Å². The molecule has 0 fully saturated rings. The summed E-state index contributed by atoms with van der Waals surface area (Å²) in [6.45, 7) is 11.8. The Labute approximate surface area is 109 Å². The lowest BCUT2D eigenvalue weighted by atomic mass is 9.85. The van der Waals surface area contributed by atoms with Crippen LogP contribution >= 0.6 is 0 Å². The topological polar surface area (TPSA) is 86.5 Å². The van der Waals surface area contributed by atoms with Gasteiger partial charge in [-0.1, -0.05) is 20.8 Å². The van der Waals surface area contributed by atoms with E-state index in [0.717, 1.165) is 0 Å². The molecule has 0 aliphatic carbocycles. The fraction of sp³-hybridized carbons (Fsp3) is 0.846. The summed E-state index contributed by atoms with van der Waals surface area (Å²) >= 11 is 0. The van der Waals surface area contributed by atoms with Gasteiger partial charge in [-0.25, -0.2) is 0 Å². The summed E-state index contributed by atoms with van der Waals surface area (Å²) < 4.78 is 5.21. The first-order valence-electron chi connectivity index (χ1n) is 5.90. The third-order valence-corrected chi connectivity index (χ3v) is 2.19. The molecule has 0 aromatic carbocycles. The summed E-state index contributed by atoms with van der Waals surface area (Å²) in [5.41, 5.74) is 5.60. The Balaban J connectivity index is 0. The Hall–Kier alpha value is -1.19. The van der Waals surface area contributed by atoms with Crippen LogP contribution in [-0.4, -0.2) is 23.8 Å². The third kappa shape index (κ3) is 12.9. The summed E-state index contributed by atoms with van der Waals surface area (Å²) in [5.74, 6) is -0.165. The van der Waals surface area contributed by atoms with Crippen molar-refractivity contribution in [3.63, 3.8) is 0 Å². The van der Waals surface area contributed by atoms with E-state index in [1.54, 1.807) is 0 Å². The lowest BCUT2D eigenvalue weighted by Crippen LogP contribution is -2.36. The maximum Gasteiger partial charge on any atom is 0.373 e. The van der Waals surface area contributed by atoms with Crippen LogP contribution in [0.1, 0.15) is 54.4 Å². The molecule has 0 radical (unpaired) electrons. The van der Waals surface area contributed by atoms with Crippen molar-refractivity contribution in [2.75, 3.05) is 0 Å². The molecule has 0 rings (SSSR count). The molecule has 0 aliphatic rings. The van der Waals surface area contributed by atoms with Crippen LogP contribution in [0.15, 0.2) is 0 Å². The predicted octanol–water partition coefficient (Wildman–Crippen LogP) is 1.90. The molecule has 0 saturated carbocycles. The van der Waals surface area contributed by atoms with Gasteiger partial charge in [-0.2, -0.15) is 9.59 Å². The van der Waals surface area contributed by atoms with Crippen molar-refractivity contribution in [3.05, 3.63) is 0 Å². The minimum atomic E-state index is -0.400. The Kier molecular flexibility index (Phi) is 8.52. The van der Waals surface area contributed by atoms with Crippen LogP contribution in [0.4, 0.5) is 0 Å². The van der Waals surface area contributed by atoms with Crippen molar-refractivity contribution in [1.29, 1.82) is 0 Å². The Bertz CT molecular complexity index is 280. The first-order chi connectivity index (χ1) is 7.94. The summed E-state index contributed by atoms with van der Waals surface area (Å²) in [6, 6.07) is 0.0324. The minimum Gasteiger partial charge on any atom is -0.460 e. The quantitative estimate of drug-likeness (QED) is 0.782. The zero-order valence-corrected chi connectivity index (χ0v) is 12.2. The van der Waals surface area contributed by atoms with Gasteiger partial charge in [0.2, 0.25) is 0 Å². The van der Waals surface area contributed by atoms with Crippen LogP contribution < -0.4 is 5.73 Å². The first-order valence-corrected chi connectivity index (χ1v) is 5.90. The number of hydrogen-bond acceptors (Lipinski definition) is 5. The molecule has 5 heteroatoms. The van der Waals surface area contributed by atoms with Crippen molar-refractivity contribution < 1.29 is 19.1 Å². The zero-order valence-electron chi connectivity index (χ0n) is 12.2. The molecule has 0 heterocycles. The molecular weight excluding hydrogens is 234 g/mol. The zero-order chi connectivity index (χ0) is 15.0. The molecule has 2 N–H and O–H groups in total. The minimum absolute atomic E-state index is 0.0324. The van der Waals surface area contributed by atoms with Gasteiger partial charge < -0.3 is 10.5 Å². The Morgan fingerprint density at radius 3 is 1.83 bits per heavy atom. The third-order valence-electron chi connectivity index (χ3n) is 2.19. The molecule has 0 spiro atoms. The van der Waals surface area contributed by atoms with Crippen molar-refractivity contribution in [3.8, 4) is 0 Å². The van der Waals surface area contributed by atoms with Gasteiger partial charge in [-0.05, 0) is 32.6 Å². The maximum atomic E-state index is 11.4. The normalized spacial score (nSPS) is 12.8. The standard InChI is InChI=1S/C12H25NO2.CO2/c1-11(2,3)9(13)7-8-10(14)15-12(4,5)6;2-1-3/h9H,7-8,13H2,1-6H3;/t9-;/m1./s1. The van der Waals surface area contributed by atoms with Gasteiger partial charge >= 0.3 is 12.1 Å². The number of carbonyl (C=O) groups is 1. The highest BCUT2D eigenvalue weighted by molar-refractivity contribution is 5.69. The van der Waals surface area contributed by atoms with Gasteiger partial charge in [-0.15, -0.1) is 0 Å². The number of nitrogens with two attached hydrogens (primary N) is 1. The van der Waals surface area contributed by atoms with Crippen LogP contribution in [0.2, 0.25) is 0 Å². The van der Waals surface area contributed by atoms with E-state index in [1.807, 2.05) is 20.8 Å². The Morgan fingerprint density at radius 2 is 1.56 bits per heavy atom. The van der Waals surface area contributed by atoms with Crippen LogP contribution in [0.25, 0.3) is 0 Å². The van der Waals surface area contributed by atoms with Crippen molar-refractivity contribution in [2.24, 2.45) is 11.1 Å². The van der Waals surface area contributed by atoms with Crippen molar-refractivity contribution >= 4 is 12.1 Å². The van der Waals surface area contributed by atoms with E-state index in [2.05, 4.69) is 20.8 Å². The largest absolute Gasteiger partial charge is 0.460 e. The van der Waals surface area contributed by atoms with Gasteiger partial charge in [0.1, 0.15) is 5.60 Å². The highest BCUT2D eigenvalue weighted by atomic mass is 16.6. The van der Waals surface area contributed by atoms with E-state index in [-0.39, 0.29) is 23.6 Å². The molecule has 0 aromatic rings. The van der Waals surface area contributed by atoms with E-state index in [4.69, 9.17) is 20.1 Å². The van der Waals surface area contributed by atoms with Crippen LogP contribution in [0.3, 0.4) is 0 Å². The second-order valence-corrected chi connectivity index (χ2v) is 6.18. The lowest BCUT2D eigenvalue weighted by molar-refractivity contribution is -0.191. The molecule has 0 aromatic heterocycles. The summed E-state index contributed by atoms with van der Waals surface area (Å²) in [5, 5.41) is 0. The van der Waals surface area contributed by atoms with E-state index in [0.29, 0.717) is 12.8 Å². The maximum absolute atomic E-state index is 11.4. The van der Waals surface area contributed by atoms with Gasteiger partial charge in [0.05, 0.1) is 0 Å². The summed E-state index contributed by atoms with van der Waals surface area (Å²) in [4.78, 5) is 27.7. The van der Waals surface area contributed by atoms with Crippen LogP contribution in [0.5, 0.6) is 0 Å². The molecule has 0 saturated heterocycles. The van der Waals surface area contributed by atoms with E-state index < -0.39 is 5.60 Å². The highest BCUT2D eigenvalue weighted by Gasteiger charge is 2.23. The molecule has 0 amide bonds. The van der Waals surface area contributed by atoms with Gasteiger partial charge in [-0.3, -0.25) is 4.79 Å². The van der Waals surface area contributed by atoms with Crippen LogP contribution in [0, 0.1) is 5.41 Å². The summed E-state index contributed by atoms with van der Waals surface area (Å²) in [6.07, 6.45) is 1.33. The second-order valence-electron chi connectivity index (χ2n) is 6.18. The van der Waals surface area contributed by atoms with E-state index in [9.17, 15) is 4.79 Å². The number of esters is 1. The highest BCUT2D eigenvalue weighted by Crippen LogP contribution is 2.21. The molecule has 5 nitrogen and oxygen atoms in total. The van der Waals surface area contributed by atoms with Gasteiger partial charge in [0.15, 0.2) is 0 Å². The lowest BCUT2D eigenvalue weighted by Gasteiger charge is -2.27. The smallest absolute Gasteiger partial charge is 0.373 e. The SMILES string of the molecule is CC(C)(C)OC(=O)CC[C@@H](N)C(C)(C)C.O=C=O. The average molecular weight is 259 g/mol. The average Bonchev–Trinajstić information content (AvgIpc) is 2.11. The molecule has 18 heavy (non-hydrogen) atoms. The number of ether oxygens (including phenoxy) is 1. The second kappa shape index (κ2) is 8.01.